The average Bonchev–Trinajstić information content (AvgIpc) is 3.03. The summed E-state index contributed by atoms with van der Waals surface area (Å²) in [6.07, 6.45) is 0. The molecule has 0 atom stereocenters. The molecule has 0 radical (unpaired) electrons. The van der Waals surface area contributed by atoms with Crippen molar-refractivity contribution >= 4 is 32.3 Å². The quantitative estimate of drug-likeness (QED) is 0.254. The second kappa shape index (κ2) is 4.74. The van der Waals surface area contributed by atoms with Gasteiger partial charge in [0.2, 0.25) is 0 Å². The van der Waals surface area contributed by atoms with Crippen molar-refractivity contribution in [2.45, 2.75) is 13.8 Å². The molecule has 0 bridgehead atoms. The van der Waals surface area contributed by atoms with E-state index in [4.69, 9.17) is 0 Å². The Morgan fingerprint density at radius 2 is 1.00 bits per heavy atom. The molecule has 0 amide bonds. The molecule has 26 heavy (non-hydrogen) atoms. The first-order chi connectivity index (χ1) is 12.8. The van der Waals surface area contributed by atoms with Crippen LogP contribution < -0.4 is 0 Å². The van der Waals surface area contributed by atoms with Crippen molar-refractivity contribution in [3.8, 4) is 22.3 Å². The number of rotatable bonds is 0. The molecule has 1 aliphatic rings. The molecule has 122 valence electrons. The molecule has 0 saturated carbocycles. The van der Waals surface area contributed by atoms with Crippen LogP contribution in [0.15, 0.2) is 72.8 Å². The van der Waals surface area contributed by atoms with Gasteiger partial charge in [0.15, 0.2) is 0 Å². The van der Waals surface area contributed by atoms with Gasteiger partial charge < -0.3 is 0 Å². The van der Waals surface area contributed by atoms with E-state index >= 15 is 0 Å². The molecule has 0 fully saturated rings. The van der Waals surface area contributed by atoms with Crippen molar-refractivity contribution in [2.24, 2.45) is 0 Å². The molecule has 0 heterocycles. The third-order valence-corrected chi connectivity index (χ3v) is 6.06. The van der Waals surface area contributed by atoms with Crippen molar-refractivity contribution < 1.29 is 0 Å². The van der Waals surface area contributed by atoms with E-state index < -0.39 is 0 Å². The maximum Gasteiger partial charge on any atom is -0.00110 e. The molecule has 0 saturated heterocycles. The van der Waals surface area contributed by atoms with Crippen LogP contribution in [-0.4, -0.2) is 0 Å². The van der Waals surface area contributed by atoms with Gasteiger partial charge in [0, 0.05) is 0 Å². The minimum absolute atomic E-state index is 1.35. The molecular formula is C26H18. The van der Waals surface area contributed by atoms with Crippen LogP contribution >= 0.6 is 0 Å². The van der Waals surface area contributed by atoms with Crippen LogP contribution in [0.3, 0.4) is 0 Å². The van der Waals surface area contributed by atoms with Crippen LogP contribution in [0.1, 0.15) is 11.1 Å². The van der Waals surface area contributed by atoms with Gasteiger partial charge in [-0.15, -0.1) is 0 Å². The van der Waals surface area contributed by atoms with Crippen molar-refractivity contribution in [3.05, 3.63) is 83.9 Å². The minimum atomic E-state index is 1.35. The van der Waals surface area contributed by atoms with Gasteiger partial charge >= 0.3 is 0 Å². The fourth-order valence-electron chi connectivity index (χ4n) is 4.91. The molecule has 0 unspecified atom stereocenters. The zero-order valence-corrected chi connectivity index (χ0v) is 14.9. The van der Waals surface area contributed by atoms with Crippen LogP contribution in [-0.2, 0) is 0 Å². The van der Waals surface area contributed by atoms with Crippen LogP contribution in [0.5, 0.6) is 0 Å². The Labute approximate surface area is 152 Å². The fourth-order valence-corrected chi connectivity index (χ4v) is 4.91. The Balaban J connectivity index is 2.00. The Morgan fingerprint density at radius 3 is 1.69 bits per heavy atom. The van der Waals surface area contributed by atoms with Crippen LogP contribution in [0.4, 0.5) is 0 Å². The standard InChI is InChI=1S/C26H18/c1-15-11-14-22-24-17(15)13-12-16(2)23(24)26-21-10-6-4-8-19(21)18-7-3-5-9-20(18)25(22)26/h3-14H,1-2H3. The molecule has 5 aromatic carbocycles. The van der Waals surface area contributed by atoms with Gasteiger partial charge in [0.25, 0.3) is 0 Å². The zero-order valence-electron chi connectivity index (χ0n) is 14.9. The zero-order chi connectivity index (χ0) is 17.4. The van der Waals surface area contributed by atoms with E-state index in [0.717, 1.165) is 0 Å². The highest BCUT2D eigenvalue weighted by Gasteiger charge is 2.27. The molecule has 0 nitrogen and oxygen atoms in total. The summed E-state index contributed by atoms with van der Waals surface area (Å²) in [6, 6.07) is 26.9. The number of aryl methyl sites for hydroxylation is 2. The van der Waals surface area contributed by atoms with E-state index in [1.807, 2.05) is 0 Å². The molecule has 0 aromatic heterocycles. The second-order valence-electron chi connectivity index (χ2n) is 7.45. The van der Waals surface area contributed by atoms with E-state index in [-0.39, 0.29) is 0 Å². The predicted octanol–water partition coefficient (Wildman–Crippen LogP) is 7.41. The van der Waals surface area contributed by atoms with Gasteiger partial charge in [-0.3, -0.25) is 0 Å². The van der Waals surface area contributed by atoms with Crippen molar-refractivity contribution in [2.75, 3.05) is 0 Å². The van der Waals surface area contributed by atoms with Gasteiger partial charge in [-0.2, -0.15) is 0 Å². The van der Waals surface area contributed by atoms with Crippen molar-refractivity contribution in [1.82, 2.24) is 0 Å². The molecule has 0 heteroatoms. The summed E-state index contributed by atoms with van der Waals surface area (Å²) in [5, 5.41) is 8.24. The van der Waals surface area contributed by atoms with Crippen LogP contribution in [0, 0.1) is 13.8 Å². The van der Waals surface area contributed by atoms with Crippen molar-refractivity contribution in [3.63, 3.8) is 0 Å². The van der Waals surface area contributed by atoms with Gasteiger partial charge in [-0.05, 0) is 79.5 Å². The van der Waals surface area contributed by atoms with E-state index in [9.17, 15) is 0 Å². The minimum Gasteiger partial charge on any atom is -0.0616 e. The highest BCUT2D eigenvalue weighted by molar-refractivity contribution is 6.30. The fraction of sp³-hybridized carbons (Fsp3) is 0.0769. The monoisotopic (exact) mass is 330 g/mol. The smallest absolute Gasteiger partial charge is 0.00110 e. The predicted molar refractivity (Wildman–Crippen MR) is 113 cm³/mol. The van der Waals surface area contributed by atoms with Crippen LogP contribution in [0.2, 0.25) is 0 Å². The van der Waals surface area contributed by atoms with Crippen LogP contribution in [0.25, 0.3) is 54.6 Å². The maximum absolute atomic E-state index is 2.33. The highest BCUT2D eigenvalue weighted by atomic mass is 14.3. The van der Waals surface area contributed by atoms with Gasteiger partial charge in [-0.25, -0.2) is 0 Å². The number of benzene rings is 5. The lowest BCUT2D eigenvalue weighted by molar-refractivity contribution is 1.49. The SMILES string of the molecule is Cc1ccc2c(C)ccc3c2c1-c1c-3c2ccccc2c2ccccc12. The first kappa shape index (κ1) is 14.1. The summed E-state index contributed by atoms with van der Waals surface area (Å²) in [6.45, 7) is 4.47. The molecule has 6 rings (SSSR count). The van der Waals surface area contributed by atoms with Gasteiger partial charge in [0.1, 0.15) is 0 Å². The Kier molecular flexibility index (Phi) is 2.57. The largest absolute Gasteiger partial charge is 0.0616 e. The van der Waals surface area contributed by atoms with E-state index in [0.29, 0.717) is 0 Å². The number of hydrogen-bond acceptors (Lipinski definition) is 0. The summed E-state index contributed by atoms with van der Waals surface area (Å²) in [7, 11) is 0. The Hall–Kier alpha value is -3.12. The number of hydrogen-bond donors (Lipinski definition) is 0. The summed E-state index contributed by atoms with van der Waals surface area (Å²) >= 11 is 0. The first-order valence-corrected chi connectivity index (χ1v) is 9.23. The normalized spacial score (nSPS) is 12.2. The first-order valence-electron chi connectivity index (χ1n) is 9.23. The summed E-state index contributed by atoms with van der Waals surface area (Å²) < 4.78 is 0. The molecular weight excluding hydrogens is 312 g/mol. The molecule has 0 spiro atoms. The third-order valence-electron chi connectivity index (χ3n) is 6.06. The maximum atomic E-state index is 2.33. The number of fused-ring (bicyclic) bond motifs is 8. The average molecular weight is 330 g/mol. The lowest BCUT2D eigenvalue weighted by Gasteiger charge is -2.13. The summed E-state index contributed by atoms with van der Waals surface area (Å²) in [4.78, 5) is 0. The lowest BCUT2D eigenvalue weighted by atomic mass is 9.89. The topological polar surface area (TPSA) is 0 Å². The highest BCUT2D eigenvalue weighted by Crippen LogP contribution is 2.54. The molecule has 5 aromatic rings. The van der Waals surface area contributed by atoms with Gasteiger partial charge in [0.05, 0.1) is 0 Å². The second-order valence-corrected chi connectivity index (χ2v) is 7.45. The molecule has 1 aliphatic carbocycles. The Morgan fingerprint density at radius 1 is 0.423 bits per heavy atom. The van der Waals surface area contributed by atoms with Crippen molar-refractivity contribution in [1.29, 1.82) is 0 Å². The lowest BCUT2D eigenvalue weighted by Crippen LogP contribution is -1.87. The summed E-state index contributed by atoms with van der Waals surface area (Å²) in [5.41, 5.74) is 8.37. The van der Waals surface area contributed by atoms with E-state index in [1.54, 1.807) is 0 Å². The van der Waals surface area contributed by atoms with E-state index in [2.05, 4.69) is 86.6 Å². The Bertz CT molecular complexity index is 1390. The van der Waals surface area contributed by atoms with Gasteiger partial charge in [-0.1, -0.05) is 72.8 Å². The third kappa shape index (κ3) is 1.55. The summed E-state index contributed by atoms with van der Waals surface area (Å²) in [5.74, 6) is 0. The van der Waals surface area contributed by atoms with E-state index in [1.165, 1.54) is 65.7 Å². The molecule has 0 aliphatic heterocycles. The molecule has 0 N–H and O–H groups in total.